The molecule has 1 aliphatic rings. The van der Waals surface area contributed by atoms with E-state index in [0.717, 1.165) is 17.8 Å². The highest BCUT2D eigenvalue weighted by Gasteiger charge is 2.21. The van der Waals surface area contributed by atoms with Gasteiger partial charge in [0.2, 0.25) is 0 Å². The maximum atomic E-state index is 14.4. The third-order valence-corrected chi connectivity index (χ3v) is 6.26. The van der Waals surface area contributed by atoms with Crippen molar-refractivity contribution in [2.45, 2.75) is 51.7 Å². The van der Waals surface area contributed by atoms with Crippen LogP contribution in [0, 0.1) is 23.4 Å². The zero-order chi connectivity index (χ0) is 21.6. The standard InChI is InChI=1S/C26H29F3N2/c27-22-13-11-21(12-14-22)17-31-15-5-8-23(31)18-30(16-20-6-2-1-3-7-20)19-24-25(28)9-4-10-26(24)29/h4-5,8-15,20H,1-3,6-7,16-19H2. The fourth-order valence-corrected chi connectivity index (χ4v) is 4.59. The predicted molar refractivity (Wildman–Crippen MR) is 117 cm³/mol. The average molecular weight is 427 g/mol. The van der Waals surface area contributed by atoms with E-state index in [4.69, 9.17) is 0 Å². The lowest BCUT2D eigenvalue weighted by molar-refractivity contribution is 0.179. The minimum absolute atomic E-state index is 0.134. The van der Waals surface area contributed by atoms with Gasteiger partial charge in [-0.3, -0.25) is 4.90 Å². The van der Waals surface area contributed by atoms with Gasteiger partial charge in [0.25, 0.3) is 0 Å². The van der Waals surface area contributed by atoms with Gasteiger partial charge in [-0.05, 0) is 60.7 Å². The largest absolute Gasteiger partial charge is 0.346 e. The minimum atomic E-state index is -0.490. The summed E-state index contributed by atoms with van der Waals surface area (Å²) in [6.07, 6.45) is 8.08. The van der Waals surface area contributed by atoms with Crippen LogP contribution in [-0.4, -0.2) is 16.0 Å². The van der Waals surface area contributed by atoms with Crippen LogP contribution in [0.3, 0.4) is 0 Å². The van der Waals surface area contributed by atoms with Crippen LogP contribution in [0.25, 0.3) is 0 Å². The molecule has 0 atom stereocenters. The van der Waals surface area contributed by atoms with Gasteiger partial charge in [0.1, 0.15) is 17.5 Å². The average Bonchev–Trinajstić information content (AvgIpc) is 3.19. The van der Waals surface area contributed by atoms with Crippen LogP contribution < -0.4 is 0 Å². The second-order valence-electron chi connectivity index (χ2n) is 8.63. The quantitative estimate of drug-likeness (QED) is 0.397. The molecule has 3 aromatic rings. The molecule has 0 aliphatic heterocycles. The van der Waals surface area contributed by atoms with E-state index in [0.29, 0.717) is 19.0 Å². The van der Waals surface area contributed by atoms with E-state index in [1.807, 2.05) is 12.3 Å². The van der Waals surface area contributed by atoms with Crippen molar-refractivity contribution in [3.05, 3.63) is 95.1 Å². The van der Waals surface area contributed by atoms with Crippen molar-refractivity contribution in [2.75, 3.05) is 6.54 Å². The van der Waals surface area contributed by atoms with E-state index < -0.39 is 11.6 Å². The van der Waals surface area contributed by atoms with Gasteiger partial charge >= 0.3 is 0 Å². The van der Waals surface area contributed by atoms with E-state index in [1.54, 1.807) is 12.1 Å². The monoisotopic (exact) mass is 426 g/mol. The van der Waals surface area contributed by atoms with Gasteiger partial charge < -0.3 is 4.57 Å². The Hall–Kier alpha value is -2.53. The Morgan fingerprint density at radius 3 is 2.23 bits per heavy atom. The molecule has 1 heterocycles. The molecule has 1 aromatic heterocycles. The zero-order valence-corrected chi connectivity index (χ0v) is 17.7. The van der Waals surface area contributed by atoms with Gasteiger partial charge in [0.15, 0.2) is 0 Å². The van der Waals surface area contributed by atoms with Crippen LogP contribution in [0.15, 0.2) is 60.8 Å². The lowest BCUT2D eigenvalue weighted by Gasteiger charge is -2.30. The smallest absolute Gasteiger partial charge is 0.130 e. The number of nitrogens with zero attached hydrogens (tertiary/aromatic N) is 2. The molecule has 31 heavy (non-hydrogen) atoms. The molecular formula is C26H29F3N2. The van der Waals surface area contributed by atoms with Gasteiger partial charge in [-0.15, -0.1) is 0 Å². The fraction of sp³-hybridized carbons (Fsp3) is 0.385. The Morgan fingerprint density at radius 1 is 0.806 bits per heavy atom. The van der Waals surface area contributed by atoms with Gasteiger partial charge in [0, 0.05) is 43.6 Å². The third kappa shape index (κ3) is 5.79. The molecule has 0 radical (unpaired) electrons. The van der Waals surface area contributed by atoms with Crippen molar-refractivity contribution in [1.82, 2.24) is 9.47 Å². The molecule has 1 fully saturated rings. The molecule has 0 amide bonds. The lowest BCUT2D eigenvalue weighted by atomic mass is 9.89. The molecule has 0 N–H and O–H groups in total. The van der Waals surface area contributed by atoms with E-state index >= 15 is 0 Å². The van der Waals surface area contributed by atoms with Crippen molar-refractivity contribution >= 4 is 0 Å². The molecule has 0 spiro atoms. The van der Waals surface area contributed by atoms with E-state index in [9.17, 15) is 13.2 Å². The molecule has 5 heteroatoms. The number of aromatic nitrogens is 1. The summed E-state index contributed by atoms with van der Waals surface area (Å²) in [6.45, 7) is 2.32. The summed E-state index contributed by atoms with van der Waals surface area (Å²) in [7, 11) is 0. The maximum Gasteiger partial charge on any atom is 0.130 e. The molecule has 0 saturated heterocycles. The zero-order valence-electron chi connectivity index (χ0n) is 17.7. The van der Waals surface area contributed by atoms with Crippen LogP contribution in [0.1, 0.15) is 48.9 Å². The molecule has 0 bridgehead atoms. The van der Waals surface area contributed by atoms with Crippen LogP contribution in [-0.2, 0) is 19.6 Å². The van der Waals surface area contributed by atoms with Gasteiger partial charge in [-0.2, -0.15) is 0 Å². The van der Waals surface area contributed by atoms with Crippen LogP contribution >= 0.6 is 0 Å². The molecule has 164 valence electrons. The van der Waals surface area contributed by atoms with Crippen molar-refractivity contribution in [3.8, 4) is 0 Å². The second kappa shape index (κ2) is 10.2. The summed E-state index contributed by atoms with van der Waals surface area (Å²) in [6, 6.07) is 14.6. The summed E-state index contributed by atoms with van der Waals surface area (Å²) in [4.78, 5) is 2.17. The second-order valence-corrected chi connectivity index (χ2v) is 8.63. The van der Waals surface area contributed by atoms with E-state index in [-0.39, 0.29) is 17.9 Å². The summed E-state index contributed by atoms with van der Waals surface area (Å²) in [5, 5.41) is 0. The summed E-state index contributed by atoms with van der Waals surface area (Å²) in [5.74, 6) is -0.670. The minimum Gasteiger partial charge on any atom is -0.346 e. The first-order chi connectivity index (χ1) is 15.1. The Morgan fingerprint density at radius 2 is 1.52 bits per heavy atom. The number of benzene rings is 2. The van der Waals surface area contributed by atoms with Crippen molar-refractivity contribution < 1.29 is 13.2 Å². The number of hydrogen-bond donors (Lipinski definition) is 0. The number of hydrogen-bond acceptors (Lipinski definition) is 1. The molecular weight excluding hydrogens is 397 g/mol. The Bertz CT molecular complexity index is 954. The van der Waals surface area contributed by atoms with Gasteiger partial charge in [-0.25, -0.2) is 13.2 Å². The molecule has 1 aliphatic carbocycles. The van der Waals surface area contributed by atoms with Gasteiger partial charge in [0.05, 0.1) is 0 Å². The first kappa shape index (κ1) is 21.7. The normalized spacial score (nSPS) is 15.0. The first-order valence-electron chi connectivity index (χ1n) is 11.1. The summed E-state index contributed by atoms with van der Waals surface area (Å²) < 4.78 is 44.1. The van der Waals surface area contributed by atoms with Crippen LogP contribution in [0.5, 0.6) is 0 Å². The van der Waals surface area contributed by atoms with E-state index in [1.165, 1.54) is 62.4 Å². The highest BCUT2D eigenvalue weighted by atomic mass is 19.1. The Labute approximate surface area is 182 Å². The molecule has 1 saturated carbocycles. The topological polar surface area (TPSA) is 8.17 Å². The van der Waals surface area contributed by atoms with Crippen molar-refractivity contribution in [3.63, 3.8) is 0 Å². The highest BCUT2D eigenvalue weighted by Crippen LogP contribution is 2.26. The number of halogens is 3. The predicted octanol–water partition coefficient (Wildman–Crippen LogP) is 6.54. The fourth-order valence-electron chi connectivity index (χ4n) is 4.59. The van der Waals surface area contributed by atoms with Crippen LogP contribution in [0.2, 0.25) is 0 Å². The van der Waals surface area contributed by atoms with E-state index in [2.05, 4.69) is 15.5 Å². The van der Waals surface area contributed by atoms with Crippen LogP contribution in [0.4, 0.5) is 13.2 Å². The molecule has 2 aromatic carbocycles. The van der Waals surface area contributed by atoms with Gasteiger partial charge in [-0.1, -0.05) is 37.5 Å². The van der Waals surface area contributed by atoms with Crippen molar-refractivity contribution in [1.29, 1.82) is 0 Å². The highest BCUT2D eigenvalue weighted by molar-refractivity contribution is 5.21. The number of rotatable bonds is 8. The summed E-state index contributed by atoms with van der Waals surface area (Å²) >= 11 is 0. The summed E-state index contributed by atoms with van der Waals surface area (Å²) in [5.41, 5.74) is 2.23. The van der Waals surface area contributed by atoms with Crippen molar-refractivity contribution in [2.24, 2.45) is 5.92 Å². The Balaban J connectivity index is 1.53. The Kier molecular flexibility index (Phi) is 7.13. The maximum absolute atomic E-state index is 14.4. The third-order valence-electron chi connectivity index (χ3n) is 6.26. The lowest BCUT2D eigenvalue weighted by Crippen LogP contribution is -2.31. The molecule has 4 rings (SSSR count). The molecule has 2 nitrogen and oxygen atoms in total. The SMILES string of the molecule is Fc1ccc(Cn2cccc2CN(Cc2c(F)cccc2F)CC2CCCCC2)cc1. The first-order valence-corrected chi connectivity index (χ1v) is 11.1. The molecule has 0 unspecified atom stereocenters.